The summed E-state index contributed by atoms with van der Waals surface area (Å²) in [4.78, 5) is 20.8. The van der Waals surface area contributed by atoms with E-state index in [-0.39, 0.29) is 11.2 Å². The molecule has 4 rings (SSSR count). The van der Waals surface area contributed by atoms with Gasteiger partial charge in [0.25, 0.3) is 0 Å². The van der Waals surface area contributed by atoms with Crippen molar-refractivity contribution in [3.05, 3.63) is 72.7 Å². The molecule has 0 bridgehead atoms. The van der Waals surface area contributed by atoms with Gasteiger partial charge in [-0.15, -0.1) is 0 Å². The average molecular weight is 389 g/mol. The van der Waals surface area contributed by atoms with Crippen molar-refractivity contribution < 1.29 is 0 Å². The van der Waals surface area contributed by atoms with E-state index < -0.39 is 0 Å². The smallest absolute Gasteiger partial charge is 0.232 e. The van der Waals surface area contributed by atoms with Crippen molar-refractivity contribution in [1.29, 1.82) is 0 Å². The number of nitrogen functional groups attached to an aromatic ring is 1. The number of H-pyrrole nitrogens is 1. The van der Waals surface area contributed by atoms with Gasteiger partial charge in [-0.3, -0.25) is 0 Å². The lowest BCUT2D eigenvalue weighted by Gasteiger charge is -2.11. The molecule has 0 aliphatic rings. The van der Waals surface area contributed by atoms with E-state index in [1.165, 1.54) is 11.8 Å². The summed E-state index contributed by atoms with van der Waals surface area (Å²) >= 11 is 1.53. The van der Waals surface area contributed by atoms with Gasteiger partial charge in [0.15, 0.2) is 5.16 Å². The predicted molar refractivity (Wildman–Crippen MR) is 112 cm³/mol. The van der Waals surface area contributed by atoms with Gasteiger partial charge in [0.05, 0.1) is 17.1 Å². The standard InChI is InChI=1S/C20H19N7S/c1-13(28-20-22-12-16(24-20)14-8-4-2-5-9-14)17-25-18(21)27-19(26-17)23-15-10-6-3-7-11-15/h2-13H,1H3,(H,22,24)(H3,21,23,25,26,27). The van der Waals surface area contributed by atoms with Crippen molar-refractivity contribution in [3.8, 4) is 11.3 Å². The minimum Gasteiger partial charge on any atom is -0.368 e. The number of hydrogen-bond acceptors (Lipinski definition) is 7. The molecule has 4 aromatic rings. The molecule has 0 aliphatic carbocycles. The largest absolute Gasteiger partial charge is 0.368 e. The Balaban J connectivity index is 1.50. The lowest BCUT2D eigenvalue weighted by molar-refractivity contribution is 0.889. The summed E-state index contributed by atoms with van der Waals surface area (Å²) in [7, 11) is 0. The summed E-state index contributed by atoms with van der Waals surface area (Å²) in [5.74, 6) is 1.19. The van der Waals surface area contributed by atoms with Crippen molar-refractivity contribution in [2.75, 3.05) is 11.1 Å². The number of aromatic nitrogens is 5. The predicted octanol–water partition coefficient (Wildman–Crippen LogP) is 4.44. The van der Waals surface area contributed by atoms with Crippen LogP contribution in [0, 0.1) is 0 Å². The van der Waals surface area contributed by atoms with Crippen LogP contribution in [0.5, 0.6) is 0 Å². The Kier molecular flexibility index (Phi) is 5.20. The van der Waals surface area contributed by atoms with Gasteiger partial charge in [-0.2, -0.15) is 15.0 Å². The van der Waals surface area contributed by atoms with Gasteiger partial charge in [-0.25, -0.2) is 4.98 Å². The Hall–Kier alpha value is -3.39. The lowest BCUT2D eigenvalue weighted by atomic mass is 10.2. The number of anilines is 3. The van der Waals surface area contributed by atoms with Crippen molar-refractivity contribution in [2.24, 2.45) is 0 Å². The third-order valence-electron chi connectivity index (χ3n) is 3.99. The number of benzene rings is 2. The Bertz CT molecular complexity index is 1050. The molecule has 2 aromatic heterocycles. The fourth-order valence-electron chi connectivity index (χ4n) is 2.65. The fourth-order valence-corrected chi connectivity index (χ4v) is 3.47. The normalized spacial score (nSPS) is 11.9. The third-order valence-corrected chi connectivity index (χ3v) is 4.98. The minimum atomic E-state index is -0.0589. The first-order valence-corrected chi connectivity index (χ1v) is 9.66. The van der Waals surface area contributed by atoms with Crippen LogP contribution < -0.4 is 11.1 Å². The monoisotopic (exact) mass is 389 g/mol. The molecule has 7 nitrogen and oxygen atoms in total. The minimum absolute atomic E-state index is 0.0589. The van der Waals surface area contributed by atoms with E-state index in [2.05, 4.69) is 30.2 Å². The number of imidazole rings is 1. The first-order valence-electron chi connectivity index (χ1n) is 8.78. The van der Waals surface area contributed by atoms with E-state index >= 15 is 0 Å². The molecule has 0 spiro atoms. The molecule has 0 fully saturated rings. The Morgan fingerprint density at radius 2 is 1.68 bits per heavy atom. The molecule has 4 N–H and O–H groups in total. The molecule has 0 amide bonds. The maximum absolute atomic E-state index is 5.89. The highest BCUT2D eigenvalue weighted by Crippen LogP contribution is 2.33. The number of hydrogen-bond donors (Lipinski definition) is 3. The third kappa shape index (κ3) is 4.29. The van der Waals surface area contributed by atoms with Crippen LogP contribution in [-0.4, -0.2) is 24.9 Å². The van der Waals surface area contributed by atoms with E-state index in [9.17, 15) is 0 Å². The zero-order valence-corrected chi connectivity index (χ0v) is 16.0. The first kappa shape index (κ1) is 18.0. The highest BCUT2D eigenvalue weighted by molar-refractivity contribution is 7.99. The summed E-state index contributed by atoms with van der Waals surface area (Å²) in [6.07, 6.45) is 1.83. The molecular weight excluding hydrogens is 370 g/mol. The molecule has 0 saturated heterocycles. The van der Waals surface area contributed by atoms with E-state index in [0.29, 0.717) is 11.8 Å². The number of nitrogens with two attached hydrogens (primary N) is 1. The Morgan fingerprint density at radius 3 is 2.43 bits per heavy atom. The molecule has 1 atom stereocenters. The number of para-hydroxylation sites is 1. The van der Waals surface area contributed by atoms with Gasteiger partial charge in [0, 0.05) is 5.69 Å². The maximum atomic E-state index is 5.89. The Labute approximate surface area is 166 Å². The van der Waals surface area contributed by atoms with Crippen LogP contribution in [0.4, 0.5) is 17.6 Å². The summed E-state index contributed by atoms with van der Waals surface area (Å²) in [6, 6.07) is 19.8. The number of aromatic amines is 1. The van der Waals surface area contributed by atoms with Gasteiger partial charge in [-0.05, 0) is 24.6 Å². The van der Waals surface area contributed by atoms with Gasteiger partial charge >= 0.3 is 0 Å². The summed E-state index contributed by atoms with van der Waals surface area (Å²) < 4.78 is 0. The SMILES string of the molecule is CC(Sc1ncc(-c2ccccc2)[nH]1)c1nc(N)nc(Nc2ccccc2)n1. The zero-order chi connectivity index (χ0) is 19.3. The van der Waals surface area contributed by atoms with Crippen LogP contribution in [-0.2, 0) is 0 Å². The maximum Gasteiger partial charge on any atom is 0.232 e. The highest BCUT2D eigenvalue weighted by atomic mass is 32.2. The molecule has 8 heteroatoms. The van der Waals surface area contributed by atoms with Crippen molar-refractivity contribution in [3.63, 3.8) is 0 Å². The first-order chi connectivity index (χ1) is 13.7. The van der Waals surface area contributed by atoms with Crippen molar-refractivity contribution in [2.45, 2.75) is 17.3 Å². The molecule has 0 radical (unpaired) electrons. The molecule has 2 aromatic carbocycles. The van der Waals surface area contributed by atoms with Gasteiger partial charge in [0.1, 0.15) is 5.82 Å². The molecule has 2 heterocycles. The second kappa shape index (κ2) is 8.10. The van der Waals surface area contributed by atoms with E-state index in [1.807, 2.05) is 73.8 Å². The second-order valence-corrected chi connectivity index (χ2v) is 7.42. The van der Waals surface area contributed by atoms with Gasteiger partial charge in [-0.1, -0.05) is 60.3 Å². The second-order valence-electron chi connectivity index (χ2n) is 6.09. The summed E-state index contributed by atoms with van der Waals surface area (Å²) in [6.45, 7) is 2.01. The number of nitrogens with zero attached hydrogens (tertiary/aromatic N) is 4. The summed E-state index contributed by atoms with van der Waals surface area (Å²) in [5, 5.41) is 3.89. The van der Waals surface area contributed by atoms with Crippen molar-refractivity contribution >= 4 is 29.3 Å². The number of rotatable bonds is 6. The molecule has 140 valence electrons. The van der Waals surface area contributed by atoms with Crippen LogP contribution in [0.15, 0.2) is 72.0 Å². The molecule has 0 saturated carbocycles. The van der Waals surface area contributed by atoms with Gasteiger partial charge in [0.2, 0.25) is 11.9 Å². The number of thioether (sulfide) groups is 1. The van der Waals surface area contributed by atoms with Crippen LogP contribution in [0.3, 0.4) is 0 Å². The van der Waals surface area contributed by atoms with E-state index in [4.69, 9.17) is 5.73 Å². The quantitative estimate of drug-likeness (QED) is 0.419. The van der Waals surface area contributed by atoms with Crippen molar-refractivity contribution in [1.82, 2.24) is 24.9 Å². The molecule has 0 aliphatic heterocycles. The van der Waals surface area contributed by atoms with Gasteiger partial charge < -0.3 is 16.0 Å². The number of nitrogens with one attached hydrogen (secondary N) is 2. The van der Waals surface area contributed by atoms with E-state index in [0.717, 1.165) is 22.1 Å². The summed E-state index contributed by atoms with van der Waals surface area (Å²) in [5.41, 5.74) is 8.84. The van der Waals surface area contributed by atoms with E-state index in [1.54, 1.807) is 0 Å². The van der Waals surface area contributed by atoms with Crippen LogP contribution in [0.25, 0.3) is 11.3 Å². The van der Waals surface area contributed by atoms with Crippen LogP contribution in [0.2, 0.25) is 0 Å². The Morgan fingerprint density at radius 1 is 0.964 bits per heavy atom. The zero-order valence-electron chi connectivity index (χ0n) is 15.2. The topological polar surface area (TPSA) is 105 Å². The molecular formula is C20H19N7S. The fraction of sp³-hybridized carbons (Fsp3) is 0.100. The van der Waals surface area contributed by atoms with Crippen LogP contribution in [0.1, 0.15) is 18.0 Å². The highest BCUT2D eigenvalue weighted by Gasteiger charge is 2.16. The lowest BCUT2D eigenvalue weighted by Crippen LogP contribution is -2.08. The average Bonchev–Trinajstić information content (AvgIpc) is 3.17. The molecule has 1 unspecified atom stereocenters. The molecule has 28 heavy (non-hydrogen) atoms. The van der Waals surface area contributed by atoms with Crippen LogP contribution >= 0.6 is 11.8 Å².